The molecule has 0 spiro atoms. The largest absolute Gasteiger partial charge is 0.494 e. The molecule has 1 N–H and O–H groups in total. The maximum absolute atomic E-state index is 14.6. The van der Waals surface area contributed by atoms with Crippen LogP contribution in [0.5, 0.6) is 5.75 Å². The molecule has 2 aromatic heterocycles. The second-order valence-electron chi connectivity index (χ2n) is 10.8. The number of carboxylic acids is 1. The molecule has 0 amide bonds. The van der Waals surface area contributed by atoms with E-state index in [9.17, 15) is 18.7 Å². The van der Waals surface area contributed by atoms with Crippen molar-refractivity contribution in [3.05, 3.63) is 58.9 Å². The van der Waals surface area contributed by atoms with E-state index in [2.05, 4.69) is 10.1 Å². The van der Waals surface area contributed by atoms with Crippen molar-refractivity contribution in [2.45, 2.75) is 69.2 Å². The number of ether oxygens (including phenoxy) is 2. The number of piperidine rings is 1. The molecule has 2 aromatic carbocycles. The fourth-order valence-corrected chi connectivity index (χ4v) is 7.35. The zero-order valence-corrected chi connectivity index (χ0v) is 22.5. The summed E-state index contributed by atoms with van der Waals surface area (Å²) in [6.07, 6.45) is 5.59. The number of hydrogen-bond donors (Lipinski definition) is 1. The number of aromatic nitrogens is 2. The van der Waals surface area contributed by atoms with Crippen molar-refractivity contribution in [1.82, 2.24) is 10.1 Å². The molecule has 8 nitrogen and oxygen atoms in total. The molecule has 7 rings (SSSR count). The van der Waals surface area contributed by atoms with Crippen LogP contribution in [-0.2, 0) is 11.3 Å². The zero-order chi connectivity index (χ0) is 27.5. The quantitative estimate of drug-likeness (QED) is 0.257. The van der Waals surface area contributed by atoms with Gasteiger partial charge in [-0.1, -0.05) is 22.6 Å². The smallest absolute Gasteiger partial charge is 0.335 e. The van der Waals surface area contributed by atoms with Gasteiger partial charge in [0.2, 0.25) is 0 Å². The maximum Gasteiger partial charge on any atom is 0.335 e. The lowest BCUT2D eigenvalue weighted by Crippen LogP contribution is -2.45. The highest BCUT2D eigenvalue weighted by molar-refractivity contribution is 7.22. The van der Waals surface area contributed by atoms with E-state index in [1.165, 1.54) is 36.6 Å². The van der Waals surface area contributed by atoms with Crippen LogP contribution in [0, 0.1) is 11.6 Å². The molecule has 3 atom stereocenters. The Morgan fingerprint density at radius 1 is 1.18 bits per heavy atom. The summed E-state index contributed by atoms with van der Waals surface area (Å²) in [5.74, 6) is -1.46. The van der Waals surface area contributed by atoms with Gasteiger partial charge in [-0.05, 0) is 62.8 Å². The molecule has 4 heterocycles. The van der Waals surface area contributed by atoms with E-state index in [0.29, 0.717) is 28.3 Å². The zero-order valence-electron chi connectivity index (χ0n) is 21.7. The van der Waals surface area contributed by atoms with Gasteiger partial charge in [-0.3, -0.25) is 0 Å². The Kier molecular flexibility index (Phi) is 6.23. The van der Waals surface area contributed by atoms with Gasteiger partial charge in [-0.2, -0.15) is 0 Å². The van der Waals surface area contributed by atoms with Crippen molar-refractivity contribution in [2.75, 3.05) is 12.0 Å². The summed E-state index contributed by atoms with van der Waals surface area (Å²) in [5.41, 5.74) is 1.94. The lowest BCUT2D eigenvalue weighted by atomic mass is 10.00. The number of methoxy groups -OCH3 is 1. The van der Waals surface area contributed by atoms with Crippen molar-refractivity contribution in [1.29, 1.82) is 0 Å². The molecule has 208 valence electrons. The highest BCUT2D eigenvalue weighted by Gasteiger charge is 2.43. The van der Waals surface area contributed by atoms with Gasteiger partial charge in [0.15, 0.2) is 16.8 Å². The first-order valence-electron chi connectivity index (χ1n) is 13.5. The van der Waals surface area contributed by atoms with Gasteiger partial charge in [-0.15, -0.1) is 0 Å². The number of benzene rings is 2. The van der Waals surface area contributed by atoms with Gasteiger partial charge in [0, 0.05) is 29.1 Å². The number of nitrogens with zero attached hydrogens (tertiary/aromatic N) is 3. The van der Waals surface area contributed by atoms with Crippen LogP contribution in [0.4, 0.5) is 13.9 Å². The number of hydrogen-bond acceptors (Lipinski definition) is 8. The number of anilines is 1. The van der Waals surface area contributed by atoms with Crippen molar-refractivity contribution in [3.63, 3.8) is 0 Å². The SMILES string of the molecule is COc1cc(C(=O)O)cc2sc(N3[C@@H]4CC[C@H]3CC(OCc3c(-c5cccc(F)c5F)noc3C3CC3)C4)nc12. The average Bonchev–Trinajstić information content (AvgIpc) is 3.46. The maximum atomic E-state index is 14.6. The van der Waals surface area contributed by atoms with Crippen LogP contribution < -0.4 is 9.64 Å². The minimum atomic E-state index is -1.01. The van der Waals surface area contributed by atoms with Gasteiger partial charge < -0.3 is 24.0 Å². The monoisotopic (exact) mass is 567 g/mol. The van der Waals surface area contributed by atoms with Crippen LogP contribution in [0.1, 0.15) is 66.1 Å². The summed E-state index contributed by atoms with van der Waals surface area (Å²) < 4.78 is 46.9. The molecule has 40 heavy (non-hydrogen) atoms. The number of halogens is 2. The van der Waals surface area contributed by atoms with Crippen LogP contribution >= 0.6 is 11.3 Å². The highest BCUT2D eigenvalue weighted by Crippen LogP contribution is 2.47. The van der Waals surface area contributed by atoms with Gasteiger partial charge in [0.05, 0.1) is 30.1 Å². The van der Waals surface area contributed by atoms with E-state index in [1.54, 1.807) is 6.07 Å². The Morgan fingerprint density at radius 2 is 1.95 bits per heavy atom. The summed E-state index contributed by atoms with van der Waals surface area (Å²) in [4.78, 5) is 18.8. The van der Waals surface area contributed by atoms with Gasteiger partial charge in [-0.25, -0.2) is 18.6 Å². The van der Waals surface area contributed by atoms with Crippen molar-refractivity contribution in [2.24, 2.45) is 0 Å². The Balaban J connectivity index is 1.11. The van der Waals surface area contributed by atoms with E-state index < -0.39 is 17.6 Å². The summed E-state index contributed by atoms with van der Waals surface area (Å²) in [6, 6.07) is 7.70. The number of rotatable bonds is 8. The van der Waals surface area contributed by atoms with E-state index in [1.807, 2.05) is 0 Å². The van der Waals surface area contributed by atoms with Crippen LogP contribution in [-0.4, -0.2) is 46.5 Å². The third kappa shape index (κ3) is 4.32. The summed E-state index contributed by atoms with van der Waals surface area (Å²) >= 11 is 1.48. The Morgan fingerprint density at radius 3 is 2.65 bits per heavy atom. The molecule has 2 aliphatic heterocycles. The summed E-state index contributed by atoms with van der Waals surface area (Å²) in [6.45, 7) is 0.223. The first-order chi connectivity index (χ1) is 19.4. The van der Waals surface area contributed by atoms with E-state index in [4.69, 9.17) is 19.0 Å². The molecule has 2 saturated heterocycles. The third-order valence-corrected chi connectivity index (χ3v) is 9.28. The number of fused-ring (bicyclic) bond motifs is 3. The molecular formula is C29H27F2N3O5S. The Hall–Kier alpha value is -3.57. The minimum Gasteiger partial charge on any atom is -0.494 e. The minimum absolute atomic E-state index is 0.0107. The molecule has 1 saturated carbocycles. The summed E-state index contributed by atoms with van der Waals surface area (Å²) in [5, 5.41) is 14.5. The fraction of sp³-hybridized carbons (Fsp3) is 0.414. The number of carbonyl (C=O) groups is 1. The molecular weight excluding hydrogens is 540 g/mol. The molecule has 11 heteroatoms. The topological polar surface area (TPSA) is 97.9 Å². The average molecular weight is 568 g/mol. The summed E-state index contributed by atoms with van der Waals surface area (Å²) in [7, 11) is 1.52. The molecule has 3 fully saturated rings. The first-order valence-corrected chi connectivity index (χ1v) is 14.3. The van der Waals surface area contributed by atoms with Gasteiger partial charge in [0.25, 0.3) is 0 Å². The van der Waals surface area contributed by atoms with Crippen LogP contribution in [0.15, 0.2) is 34.9 Å². The van der Waals surface area contributed by atoms with E-state index >= 15 is 0 Å². The second kappa shape index (κ2) is 9.81. The highest BCUT2D eigenvalue weighted by atomic mass is 32.1. The lowest BCUT2D eigenvalue weighted by molar-refractivity contribution is 0.0147. The third-order valence-electron chi connectivity index (χ3n) is 8.26. The first kappa shape index (κ1) is 25.4. The molecule has 0 radical (unpaired) electrons. The predicted octanol–water partition coefficient (Wildman–Crippen LogP) is 6.53. The Bertz CT molecular complexity index is 1600. The van der Waals surface area contributed by atoms with Crippen LogP contribution in [0.2, 0.25) is 0 Å². The lowest BCUT2D eigenvalue weighted by Gasteiger charge is -2.38. The molecule has 1 unspecified atom stereocenters. The molecule has 1 aliphatic carbocycles. The van der Waals surface area contributed by atoms with Crippen molar-refractivity contribution >= 4 is 32.7 Å². The molecule has 2 bridgehead atoms. The van der Waals surface area contributed by atoms with Crippen LogP contribution in [0.25, 0.3) is 21.5 Å². The van der Waals surface area contributed by atoms with Crippen molar-refractivity contribution in [3.8, 4) is 17.0 Å². The Labute approximate surface area is 232 Å². The fourth-order valence-electron chi connectivity index (χ4n) is 6.18. The van der Waals surface area contributed by atoms with Crippen molar-refractivity contribution < 1.29 is 32.7 Å². The number of aromatic carboxylic acids is 1. The predicted molar refractivity (Wildman–Crippen MR) is 144 cm³/mol. The number of thiazole rings is 1. The number of carboxylic acid groups (broad SMARTS) is 1. The van der Waals surface area contributed by atoms with Gasteiger partial charge >= 0.3 is 5.97 Å². The van der Waals surface area contributed by atoms with E-state index in [-0.39, 0.29) is 41.8 Å². The normalized spacial score (nSPS) is 22.3. The van der Waals surface area contributed by atoms with E-state index in [0.717, 1.165) is 54.4 Å². The molecule has 3 aliphatic rings. The van der Waals surface area contributed by atoms with Gasteiger partial charge in [0.1, 0.15) is 22.7 Å². The second-order valence-corrected chi connectivity index (χ2v) is 11.8. The molecule has 4 aromatic rings. The standard InChI is InChI=1S/C29H27F2N3O5S/c1-37-22-9-15(28(35)36)10-23-26(22)32-29(40-23)34-16-7-8-17(34)12-18(11-16)38-13-20-25(33-39-27(20)14-5-6-14)19-3-2-4-21(30)24(19)31/h2-4,9-10,14,16-18H,5-8,11-13H2,1H3,(H,35,36)/t16-,17+,18?. The van der Waals surface area contributed by atoms with Crippen LogP contribution in [0.3, 0.4) is 0 Å².